The smallest absolute Gasteiger partial charge is 0.269 e. The Morgan fingerprint density at radius 3 is 2.14 bits per heavy atom. The van der Waals surface area contributed by atoms with Crippen molar-refractivity contribution >= 4 is 27.5 Å². The van der Waals surface area contributed by atoms with Gasteiger partial charge < -0.3 is 9.47 Å². The first-order valence-corrected chi connectivity index (χ1v) is 12.3. The van der Waals surface area contributed by atoms with E-state index in [1.54, 1.807) is 36.4 Å². The SMILES string of the molecule is CCCOc1ccc(C(=O)NNC(=O)c2cccc(S(=O)(=O)Nc3ccc(C)cc3)c2)cc1OC. The lowest BCUT2D eigenvalue weighted by atomic mass is 10.2. The molecule has 0 saturated carbocycles. The number of aryl methyl sites for hydroxylation is 1. The molecule has 10 heteroatoms. The maximum Gasteiger partial charge on any atom is 0.269 e. The van der Waals surface area contributed by atoms with Gasteiger partial charge in [0.15, 0.2) is 11.5 Å². The van der Waals surface area contributed by atoms with Crippen molar-refractivity contribution in [3.63, 3.8) is 0 Å². The Morgan fingerprint density at radius 1 is 0.857 bits per heavy atom. The molecule has 3 N–H and O–H groups in total. The van der Waals surface area contributed by atoms with Crippen molar-refractivity contribution < 1.29 is 27.5 Å². The van der Waals surface area contributed by atoms with Gasteiger partial charge in [0.05, 0.1) is 18.6 Å². The van der Waals surface area contributed by atoms with Crippen LogP contribution in [0, 0.1) is 6.92 Å². The minimum atomic E-state index is -3.92. The highest BCUT2D eigenvalue weighted by Crippen LogP contribution is 2.28. The molecule has 0 radical (unpaired) electrons. The fourth-order valence-electron chi connectivity index (χ4n) is 3.04. The van der Waals surface area contributed by atoms with E-state index in [1.807, 2.05) is 13.8 Å². The number of hydrogen-bond acceptors (Lipinski definition) is 6. The molecule has 0 saturated heterocycles. The molecule has 2 amide bonds. The van der Waals surface area contributed by atoms with E-state index in [1.165, 1.54) is 37.4 Å². The predicted octanol–water partition coefficient (Wildman–Crippen LogP) is 3.67. The van der Waals surface area contributed by atoms with E-state index in [0.29, 0.717) is 23.8 Å². The van der Waals surface area contributed by atoms with Crippen LogP contribution in [0.2, 0.25) is 0 Å². The summed E-state index contributed by atoms with van der Waals surface area (Å²) in [7, 11) is -2.45. The summed E-state index contributed by atoms with van der Waals surface area (Å²) < 4.78 is 38.8. The molecule has 0 spiro atoms. The summed E-state index contributed by atoms with van der Waals surface area (Å²) in [4.78, 5) is 25.0. The summed E-state index contributed by atoms with van der Waals surface area (Å²) in [6.07, 6.45) is 0.821. The van der Waals surface area contributed by atoms with Gasteiger partial charge in [-0.15, -0.1) is 0 Å². The third-order valence-electron chi connectivity index (χ3n) is 4.89. The number of rotatable bonds is 9. The quantitative estimate of drug-likeness (QED) is 0.388. The lowest BCUT2D eigenvalue weighted by Gasteiger charge is -2.12. The van der Waals surface area contributed by atoms with E-state index in [4.69, 9.17) is 9.47 Å². The second-order valence-electron chi connectivity index (χ2n) is 7.62. The molecule has 0 unspecified atom stereocenters. The van der Waals surface area contributed by atoms with Crippen molar-refractivity contribution in [3.05, 3.63) is 83.4 Å². The van der Waals surface area contributed by atoms with Crippen molar-refractivity contribution in [2.45, 2.75) is 25.2 Å². The van der Waals surface area contributed by atoms with Gasteiger partial charge in [0.25, 0.3) is 21.8 Å². The summed E-state index contributed by atoms with van der Waals surface area (Å²) in [6.45, 7) is 4.38. The van der Waals surface area contributed by atoms with Crippen LogP contribution in [0.4, 0.5) is 5.69 Å². The lowest BCUT2D eigenvalue weighted by Crippen LogP contribution is -2.41. The molecule has 0 atom stereocenters. The highest BCUT2D eigenvalue weighted by molar-refractivity contribution is 7.92. The standard InChI is InChI=1S/C25H27N3O6S/c1-4-14-34-22-13-10-19(16-23(22)33-3)25(30)27-26-24(29)18-6-5-7-21(15-18)35(31,32)28-20-11-8-17(2)9-12-20/h5-13,15-16,28H,4,14H2,1-3H3,(H,26,29)(H,27,30). The third-order valence-corrected chi connectivity index (χ3v) is 6.27. The number of benzene rings is 3. The van der Waals surface area contributed by atoms with Crippen molar-refractivity contribution in [3.8, 4) is 11.5 Å². The van der Waals surface area contributed by atoms with Gasteiger partial charge >= 0.3 is 0 Å². The number of anilines is 1. The number of hydrazine groups is 1. The van der Waals surface area contributed by atoms with E-state index in [0.717, 1.165) is 12.0 Å². The molecule has 9 nitrogen and oxygen atoms in total. The number of amides is 2. The van der Waals surface area contributed by atoms with Crippen molar-refractivity contribution in [1.82, 2.24) is 10.9 Å². The minimum Gasteiger partial charge on any atom is -0.493 e. The van der Waals surface area contributed by atoms with Gasteiger partial charge in [0, 0.05) is 16.8 Å². The van der Waals surface area contributed by atoms with Crippen LogP contribution >= 0.6 is 0 Å². The summed E-state index contributed by atoms with van der Waals surface area (Å²) in [5.41, 5.74) is 6.30. The maximum atomic E-state index is 12.7. The Morgan fingerprint density at radius 2 is 1.51 bits per heavy atom. The normalized spacial score (nSPS) is 10.8. The van der Waals surface area contributed by atoms with Gasteiger partial charge in [0.2, 0.25) is 0 Å². The van der Waals surface area contributed by atoms with Crippen molar-refractivity contribution in [2.75, 3.05) is 18.4 Å². The van der Waals surface area contributed by atoms with Crippen LogP contribution in [0.25, 0.3) is 0 Å². The Hall–Kier alpha value is -4.05. The Kier molecular flexibility index (Phi) is 8.32. The molecule has 0 bridgehead atoms. The molecule has 0 fully saturated rings. The van der Waals surface area contributed by atoms with E-state index in [2.05, 4.69) is 15.6 Å². The van der Waals surface area contributed by atoms with Crippen LogP contribution in [0.15, 0.2) is 71.6 Å². The summed E-state index contributed by atoms with van der Waals surface area (Å²) in [5.74, 6) is -0.368. The molecule has 35 heavy (non-hydrogen) atoms. The molecule has 0 heterocycles. The maximum absolute atomic E-state index is 12.7. The van der Waals surface area contributed by atoms with Gasteiger partial charge in [-0.3, -0.25) is 25.2 Å². The number of methoxy groups -OCH3 is 1. The predicted molar refractivity (Wildman–Crippen MR) is 132 cm³/mol. The zero-order chi connectivity index (χ0) is 25.4. The van der Waals surface area contributed by atoms with E-state index >= 15 is 0 Å². The number of nitrogens with one attached hydrogen (secondary N) is 3. The second-order valence-corrected chi connectivity index (χ2v) is 9.30. The average molecular weight is 498 g/mol. The fourth-order valence-corrected chi connectivity index (χ4v) is 4.14. The fraction of sp³-hybridized carbons (Fsp3) is 0.200. The van der Waals surface area contributed by atoms with Gasteiger partial charge in [-0.05, 0) is 61.9 Å². The van der Waals surface area contributed by atoms with Crippen LogP contribution in [-0.4, -0.2) is 33.9 Å². The summed E-state index contributed by atoms with van der Waals surface area (Å²) in [5, 5.41) is 0. The third kappa shape index (κ3) is 6.73. The number of carbonyl (C=O) groups is 2. The van der Waals surface area contributed by atoms with Gasteiger partial charge in [-0.25, -0.2) is 8.42 Å². The molecular weight excluding hydrogens is 470 g/mol. The number of hydrogen-bond donors (Lipinski definition) is 3. The molecule has 0 aliphatic carbocycles. The average Bonchev–Trinajstić information content (AvgIpc) is 2.87. The number of ether oxygens (including phenoxy) is 2. The van der Waals surface area contributed by atoms with E-state index in [-0.39, 0.29) is 16.0 Å². The molecule has 0 aliphatic heterocycles. The van der Waals surface area contributed by atoms with Crippen LogP contribution in [0.1, 0.15) is 39.6 Å². The van der Waals surface area contributed by atoms with Crippen LogP contribution in [0.3, 0.4) is 0 Å². The van der Waals surface area contributed by atoms with Gasteiger partial charge in [-0.1, -0.05) is 30.7 Å². The van der Waals surface area contributed by atoms with Gasteiger partial charge in [-0.2, -0.15) is 0 Å². The van der Waals surface area contributed by atoms with Crippen LogP contribution in [-0.2, 0) is 10.0 Å². The zero-order valence-corrected chi connectivity index (χ0v) is 20.4. The number of carbonyl (C=O) groups excluding carboxylic acids is 2. The first kappa shape index (κ1) is 25.6. The van der Waals surface area contributed by atoms with E-state index in [9.17, 15) is 18.0 Å². The van der Waals surface area contributed by atoms with Crippen LogP contribution in [0.5, 0.6) is 11.5 Å². The van der Waals surface area contributed by atoms with Crippen molar-refractivity contribution in [2.24, 2.45) is 0 Å². The molecule has 3 aromatic carbocycles. The largest absolute Gasteiger partial charge is 0.493 e. The molecule has 184 valence electrons. The van der Waals surface area contributed by atoms with Crippen LogP contribution < -0.4 is 25.0 Å². The first-order valence-electron chi connectivity index (χ1n) is 10.8. The highest BCUT2D eigenvalue weighted by Gasteiger charge is 2.17. The first-order chi connectivity index (χ1) is 16.7. The number of sulfonamides is 1. The Bertz CT molecular complexity index is 1310. The molecular formula is C25H27N3O6S. The second kappa shape index (κ2) is 11.4. The molecule has 0 aromatic heterocycles. The van der Waals surface area contributed by atoms with Crippen molar-refractivity contribution in [1.29, 1.82) is 0 Å². The van der Waals surface area contributed by atoms with Gasteiger partial charge in [0.1, 0.15) is 0 Å². The highest BCUT2D eigenvalue weighted by atomic mass is 32.2. The minimum absolute atomic E-state index is 0.0537. The summed E-state index contributed by atoms with van der Waals surface area (Å²) in [6, 6.07) is 17.0. The Balaban J connectivity index is 1.67. The summed E-state index contributed by atoms with van der Waals surface area (Å²) >= 11 is 0. The molecule has 0 aliphatic rings. The Labute approximate surface area is 204 Å². The molecule has 3 rings (SSSR count). The topological polar surface area (TPSA) is 123 Å². The molecule has 3 aromatic rings. The van der Waals surface area contributed by atoms with E-state index < -0.39 is 21.8 Å². The lowest BCUT2D eigenvalue weighted by molar-refractivity contribution is 0.0846. The monoisotopic (exact) mass is 497 g/mol. The zero-order valence-electron chi connectivity index (χ0n) is 19.6.